The van der Waals surface area contributed by atoms with Crippen molar-refractivity contribution >= 4 is 0 Å². The summed E-state index contributed by atoms with van der Waals surface area (Å²) in [6, 6.07) is 11.9. The summed E-state index contributed by atoms with van der Waals surface area (Å²) in [4.78, 5) is 4.05. The van der Waals surface area contributed by atoms with Gasteiger partial charge in [0.05, 0.1) is 32.1 Å². The van der Waals surface area contributed by atoms with Crippen LogP contribution in [0.2, 0.25) is 0 Å². The van der Waals surface area contributed by atoms with Crippen LogP contribution in [0.4, 0.5) is 0 Å². The molecule has 0 spiro atoms. The lowest BCUT2D eigenvalue weighted by molar-refractivity contribution is 0.00125. The Morgan fingerprint density at radius 1 is 1.19 bits per heavy atom. The first-order valence-electron chi connectivity index (χ1n) is 8.61. The number of hydrogen-bond acceptors (Lipinski definition) is 6. The van der Waals surface area contributed by atoms with Crippen LogP contribution >= 0.6 is 0 Å². The SMILES string of the molecule is COc1ccc(CNCC2Cn3nnc(-c4ccncc4)c3CO2)cc1. The minimum absolute atomic E-state index is 0.0766. The first-order valence-corrected chi connectivity index (χ1v) is 8.61. The second-order valence-corrected chi connectivity index (χ2v) is 6.21. The van der Waals surface area contributed by atoms with Gasteiger partial charge in [-0.05, 0) is 29.8 Å². The van der Waals surface area contributed by atoms with Crippen LogP contribution in [0.1, 0.15) is 11.3 Å². The third kappa shape index (κ3) is 3.58. The quantitative estimate of drug-likeness (QED) is 0.733. The molecule has 4 rings (SSSR count). The molecule has 2 aromatic heterocycles. The highest BCUT2D eigenvalue weighted by atomic mass is 16.5. The molecule has 1 aliphatic heterocycles. The van der Waals surface area contributed by atoms with E-state index in [1.54, 1.807) is 19.5 Å². The molecule has 0 amide bonds. The molecule has 7 heteroatoms. The lowest BCUT2D eigenvalue weighted by atomic mass is 10.1. The van der Waals surface area contributed by atoms with E-state index in [2.05, 4.69) is 32.7 Å². The normalized spacial score (nSPS) is 16.3. The molecule has 0 fully saturated rings. The van der Waals surface area contributed by atoms with Crippen molar-refractivity contribution in [2.45, 2.75) is 25.8 Å². The molecule has 134 valence electrons. The minimum Gasteiger partial charge on any atom is -0.497 e. The molecule has 0 saturated carbocycles. The number of hydrogen-bond donors (Lipinski definition) is 1. The fourth-order valence-electron chi connectivity index (χ4n) is 3.04. The van der Waals surface area contributed by atoms with Crippen molar-refractivity contribution < 1.29 is 9.47 Å². The van der Waals surface area contributed by atoms with Gasteiger partial charge in [-0.1, -0.05) is 17.3 Å². The average molecular weight is 351 g/mol. The van der Waals surface area contributed by atoms with Gasteiger partial charge < -0.3 is 14.8 Å². The lowest BCUT2D eigenvalue weighted by Crippen LogP contribution is -2.36. The fraction of sp³-hybridized carbons (Fsp3) is 0.316. The lowest BCUT2D eigenvalue weighted by Gasteiger charge is -2.24. The number of nitrogens with zero attached hydrogens (tertiary/aromatic N) is 4. The van der Waals surface area contributed by atoms with Crippen LogP contribution in [0.25, 0.3) is 11.3 Å². The highest BCUT2D eigenvalue weighted by Crippen LogP contribution is 2.24. The largest absolute Gasteiger partial charge is 0.497 e. The Labute approximate surface area is 152 Å². The van der Waals surface area contributed by atoms with E-state index in [1.165, 1.54) is 5.56 Å². The molecule has 0 aliphatic carbocycles. The van der Waals surface area contributed by atoms with E-state index in [9.17, 15) is 0 Å². The molecule has 1 unspecified atom stereocenters. The van der Waals surface area contributed by atoms with Crippen LogP contribution < -0.4 is 10.1 Å². The van der Waals surface area contributed by atoms with Crippen molar-refractivity contribution in [2.24, 2.45) is 0 Å². The van der Waals surface area contributed by atoms with Crippen molar-refractivity contribution in [3.63, 3.8) is 0 Å². The van der Waals surface area contributed by atoms with E-state index < -0.39 is 0 Å². The monoisotopic (exact) mass is 351 g/mol. The van der Waals surface area contributed by atoms with Gasteiger partial charge in [0.1, 0.15) is 11.4 Å². The van der Waals surface area contributed by atoms with Gasteiger partial charge in [-0.15, -0.1) is 5.10 Å². The third-order valence-corrected chi connectivity index (χ3v) is 4.48. The number of pyridine rings is 1. The number of aromatic nitrogens is 4. The molecule has 1 aromatic carbocycles. The molecule has 0 bridgehead atoms. The maximum Gasteiger partial charge on any atom is 0.118 e. The number of ether oxygens (including phenoxy) is 2. The zero-order valence-corrected chi connectivity index (χ0v) is 14.6. The molecule has 0 radical (unpaired) electrons. The van der Waals surface area contributed by atoms with E-state index in [0.717, 1.165) is 35.8 Å². The van der Waals surface area contributed by atoms with E-state index in [4.69, 9.17) is 9.47 Å². The number of nitrogens with one attached hydrogen (secondary N) is 1. The van der Waals surface area contributed by atoms with E-state index >= 15 is 0 Å². The van der Waals surface area contributed by atoms with Crippen LogP contribution in [0.5, 0.6) is 5.75 Å². The second kappa shape index (κ2) is 7.63. The molecule has 0 saturated heterocycles. The first kappa shape index (κ1) is 16.7. The summed E-state index contributed by atoms with van der Waals surface area (Å²) in [5, 5.41) is 12.1. The van der Waals surface area contributed by atoms with Crippen molar-refractivity contribution in [3.8, 4) is 17.0 Å². The van der Waals surface area contributed by atoms with Gasteiger partial charge in [0.2, 0.25) is 0 Å². The van der Waals surface area contributed by atoms with Crippen molar-refractivity contribution in [3.05, 3.63) is 60.0 Å². The molecule has 3 heterocycles. The summed E-state index contributed by atoms with van der Waals surface area (Å²) in [5.41, 5.74) is 4.11. The zero-order valence-electron chi connectivity index (χ0n) is 14.6. The molecule has 1 aliphatic rings. The Hall–Kier alpha value is -2.77. The molecular formula is C19H21N5O2. The molecule has 1 N–H and O–H groups in total. The summed E-state index contributed by atoms with van der Waals surface area (Å²) in [7, 11) is 1.67. The van der Waals surface area contributed by atoms with Crippen LogP contribution in [-0.2, 0) is 24.4 Å². The van der Waals surface area contributed by atoms with E-state index in [-0.39, 0.29) is 6.10 Å². The molecule has 3 aromatic rings. The minimum atomic E-state index is 0.0766. The van der Waals surface area contributed by atoms with Gasteiger partial charge in [0.15, 0.2) is 0 Å². The third-order valence-electron chi connectivity index (χ3n) is 4.48. The van der Waals surface area contributed by atoms with Gasteiger partial charge in [0.25, 0.3) is 0 Å². The van der Waals surface area contributed by atoms with Gasteiger partial charge in [0, 0.05) is 31.0 Å². The Morgan fingerprint density at radius 3 is 2.77 bits per heavy atom. The zero-order chi connectivity index (χ0) is 17.8. The van der Waals surface area contributed by atoms with Crippen molar-refractivity contribution in [2.75, 3.05) is 13.7 Å². The summed E-state index contributed by atoms with van der Waals surface area (Å²) in [6.07, 6.45) is 3.60. The average Bonchev–Trinajstić information content (AvgIpc) is 3.12. The summed E-state index contributed by atoms with van der Waals surface area (Å²) < 4.78 is 13.1. The fourth-order valence-corrected chi connectivity index (χ4v) is 3.04. The number of rotatable bonds is 6. The number of fused-ring (bicyclic) bond motifs is 1. The van der Waals surface area contributed by atoms with E-state index in [1.807, 2.05) is 28.9 Å². The summed E-state index contributed by atoms with van der Waals surface area (Å²) in [6.45, 7) is 2.76. The Balaban J connectivity index is 1.33. The molecule has 7 nitrogen and oxygen atoms in total. The molecule has 26 heavy (non-hydrogen) atoms. The topological polar surface area (TPSA) is 74.1 Å². The predicted octanol–water partition coefficient (Wildman–Crippen LogP) is 2.04. The highest BCUT2D eigenvalue weighted by Gasteiger charge is 2.24. The maximum absolute atomic E-state index is 6.00. The van der Waals surface area contributed by atoms with Gasteiger partial charge in [-0.25, -0.2) is 4.68 Å². The number of methoxy groups -OCH3 is 1. The van der Waals surface area contributed by atoms with E-state index in [0.29, 0.717) is 13.2 Å². The Kier molecular flexibility index (Phi) is 4.90. The second-order valence-electron chi connectivity index (χ2n) is 6.21. The maximum atomic E-state index is 6.00. The smallest absolute Gasteiger partial charge is 0.118 e. The van der Waals surface area contributed by atoms with Gasteiger partial charge >= 0.3 is 0 Å². The van der Waals surface area contributed by atoms with Crippen molar-refractivity contribution in [1.29, 1.82) is 0 Å². The standard InChI is InChI=1S/C19H21N5O2/c1-25-16-4-2-14(3-5-16)10-21-11-17-12-24-18(13-26-17)19(22-23-24)15-6-8-20-9-7-15/h2-9,17,21H,10-13H2,1H3. The van der Waals surface area contributed by atoms with Gasteiger partial charge in [-0.2, -0.15) is 0 Å². The van der Waals surface area contributed by atoms with Crippen LogP contribution in [0.15, 0.2) is 48.8 Å². The summed E-state index contributed by atoms with van der Waals surface area (Å²) in [5.74, 6) is 0.869. The Bertz CT molecular complexity index is 848. The van der Waals surface area contributed by atoms with Crippen LogP contribution in [-0.4, -0.2) is 39.7 Å². The molecule has 1 atom stereocenters. The molecular weight excluding hydrogens is 330 g/mol. The number of benzene rings is 1. The first-order chi connectivity index (χ1) is 12.8. The van der Waals surface area contributed by atoms with Crippen molar-refractivity contribution in [1.82, 2.24) is 25.3 Å². The summed E-state index contributed by atoms with van der Waals surface area (Å²) >= 11 is 0. The highest BCUT2D eigenvalue weighted by molar-refractivity contribution is 5.60. The Morgan fingerprint density at radius 2 is 2.00 bits per heavy atom. The van der Waals surface area contributed by atoms with Gasteiger partial charge in [-0.3, -0.25) is 4.98 Å². The predicted molar refractivity (Wildman–Crippen MR) is 96.5 cm³/mol. The van der Waals surface area contributed by atoms with Crippen LogP contribution in [0, 0.1) is 0 Å². The van der Waals surface area contributed by atoms with Crippen LogP contribution in [0.3, 0.4) is 0 Å².